The maximum Gasteiger partial charge on any atom is 0.274 e. The normalized spacial score (nSPS) is 11.2. The van der Waals surface area contributed by atoms with Crippen LogP contribution in [0.15, 0.2) is 41.5 Å². The van der Waals surface area contributed by atoms with Gasteiger partial charge in [-0.05, 0) is 51.0 Å². The van der Waals surface area contributed by atoms with Crippen LogP contribution < -0.4 is 10.7 Å². The summed E-state index contributed by atoms with van der Waals surface area (Å²) in [5, 5.41) is 6.74. The SMILES string of the molecule is C/C(CC(=O)Nc1c(C)cc(C)cc1C)=N\NC(=O)c1ccccc1F. The second-order valence-electron chi connectivity index (χ2n) is 6.27. The smallest absolute Gasteiger partial charge is 0.274 e. The van der Waals surface area contributed by atoms with Gasteiger partial charge in [0.25, 0.3) is 5.91 Å². The number of anilines is 1. The van der Waals surface area contributed by atoms with Gasteiger partial charge in [-0.2, -0.15) is 5.10 Å². The molecule has 2 aromatic carbocycles. The Hall–Kier alpha value is -3.02. The summed E-state index contributed by atoms with van der Waals surface area (Å²) in [6.45, 7) is 7.49. The molecule has 26 heavy (non-hydrogen) atoms. The molecule has 0 atom stereocenters. The Morgan fingerprint density at radius 3 is 2.31 bits per heavy atom. The van der Waals surface area contributed by atoms with E-state index >= 15 is 0 Å². The molecule has 0 aliphatic carbocycles. The fourth-order valence-corrected chi connectivity index (χ4v) is 2.68. The van der Waals surface area contributed by atoms with E-state index in [-0.39, 0.29) is 17.9 Å². The summed E-state index contributed by atoms with van der Waals surface area (Å²) >= 11 is 0. The number of benzene rings is 2. The van der Waals surface area contributed by atoms with E-state index in [2.05, 4.69) is 15.8 Å². The van der Waals surface area contributed by atoms with Gasteiger partial charge in [-0.3, -0.25) is 9.59 Å². The molecule has 136 valence electrons. The van der Waals surface area contributed by atoms with Crippen LogP contribution in [0.2, 0.25) is 0 Å². The van der Waals surface area contributed by atoms with Gasteiger partial charge in [0.05, 0.1) is 12.0 Å². The van der Waals surface area contributed by atoms with Crippen LogP contribution >= 0.6 is 0 Å². The van der Waals surface area contributed by atoms with E-state index in [1.54, 1.807) is 13.0 Å². The topological polar surface area (TPSA) is 70.6 Å². The zero-order valence-electron chi connectivity index (χ0n) is 15.3. The summed E-state index contributed by atoms with van der Waals surface area (Å²) < 4.78 is 13.5. The Labute approximate surface area is 152 Å². The van der Waals surface area contributed by atoms with Crippen molar-refractivity contribution in [3.8, 4) is 0 Å². The molecule has 5 nitrogen and oxygen atoms in total. The standard InChI is InChI=1S/C20H22FN3O2/c1-12-9-13(2)19(14(3)10-12)22-18(25)11-15(4)23-24-20(26)16-7-5-6-8-17(16)21/h5-10H,11H2,1-4H3,(H,22,25)(H,24,26)/b23-15+. The maximum atomic E-state index is 13.5. The number of nitrogens with one attached hydrogen (secondary N) is 2. The van der Waals surface area contributed by atoms with Crippen LogP contribution in [0.3, 0.4) is 0 Å². The van der Waals surface area contributed by atoms with Gasteiger partial charge in [0.15, 0.2) is 0 Å². The van der Waals surface area contributed by atoms with E-state index in [1.807, 2.05) is 32.9 Å². The predicted octanol–water partition coefficient (Wildman–Crippen LogP) is 3.89. The van der Waals surface area contributed by atoms with Gasteiger partial charge < -0.3 is 5.32 Å². The lowest BCUT2D eigenvalue weighted by atomic mass is 10.0. The summed E-state index contributed by atoms with van der Waals surface area (Å²) in [7, 11) is 0. The van der Waals surface area contributed by atoms with Gasteiger partial charge in [-0.1, -0.05) is 29.8 Å². The van der Waals surface area contributed by atoms with Gasteiger partial charge in [-0.15, -0.1) is 0 Å². The van der Waals surface area contributed by atoms with Crippen LogP contribution in [0.25, 0.3) is 0 Å². The van der Waals surface area contributed by atoms with Crippen LogP contribution in [0, 0.1) is 26.6 Å². The molecule has 2 amide bonds. The summed E-state index contributed by atoms with van der Waals surface area (Å²) in [6, 6.07) is 9.63. The lowest BCUT2D eigenvalue weighted by Gasteiger charge is -2.12. The van der Waals surface area contributed by atoms with E-state index in [9.17, 15) is 14.0 Å². The Morgan fingerprint density at radius 2 is 1.69 bits per heavy atom. The third-order valence-electron chi connectivity index (χ3n) is 3.82. The second kappa shape index (κ2) is 8.38. The number of rotatable bonds is 5. The van der Waals surface area contributed by atoms with Crippen molar-refractivity contribution < 1.29 is 14.0 Å². The van der Waals surface area contributed by atoms with E-state index in [0.717, 1.165) is 22.4 Å². The molecule has 0 radical (unpaired) electrons. The van der Waals surface area contributed by atoms with E-state index in [4.69, 9.17) is 0 Å². The zero-order chi connectivity index (χ0) is 19.3. The number of amides is 2. The minimum Gasteiger partial charge on any atom is -0.325 e. The predicted molar refractivity (Wildman–Crippen MR) is 101 cm³/mol. The Morgan fingerprint density at radius 1 is 1.08 bits per heavy atom. The highest BCUT2D eigenvalue weighted by Gasteiger charge is 2.12. The Balaban J connectivity index is 1.98. The number of aryl methyl sites for hydroxylation is 3. The molecule has 0 spiro atoms. The average molecular weight is 355 g/mol. The number of carbonyl (C=O) groups is 2. The molecule has 2 N–H and O–H groups in total. The molecular weight excluding hydrogens is 333 g/mol. The highest BCUT2D eigenvalue weighted by molar-refractivity contribution is 6.06. The van der Waals surface area contributed by atoms with Crippen molar-refractivity contribution in [3.63, 3.8) is 0 Å². The number of nitrogens with zero attached hydrogens (tertiary/aromatic N) is 1. The molecule has 0 aromatic heterocycles. The molecule has 0 fully saturated rings. The van der Waals surface area contributed by atoms with E-state index in [1.165, 1.54) is 18.2 Å². The fourth-order valence-electron chi connectivity index (χ4n) is 2.68. The summed E-state index contributed by atoms with van der Waals surface area (Å²) in [5.74, 6) is -1.52. The summed E-state index contributed by atoms with van der Waals surface area (Å²) in [4.78, 5) is 24.1. The lowest BCUT2D eigenvalue weighted by Crippen LogP contribution is -2.22. The van der Waals surface area contributed by atoms with Gasteiger partial charge in [-0.25, -0.2) is 9.82 Å². The molecule has 2 rings (SSSR count). The molecule has 0 unspecified atom stereocenters. The van der Waals surface area contributed by atoms with Crippen molar-refractivity contribution >= 4 is 23.2 Å². The van der Waals surface area contributed by atoms with Crippen molar-refractivity contribution in [1.29, 1.82) is 0 Å². The van der Waals surface area contributed by atoms with Gasteiger partial charge >= 0.3 is 0 Å². The number of hydrazone groups is 1. The Bertz CT molecular complexity index is 852. The molecule has 0 aliphatic heterocycles. The lowest BCUT2D eigenvalue weighted by molar-refractivity contribution is -0.115. The number of hydrogen-bond acceptors (Lipinski definition) is 3. The zero-order valence-corrected chi connectivity index (χ0v) is 15.3. The molecule has 0 aliphatic rings. The summed E-state index contributed by atoms with van der Waals surface area (Å²) in [6.07, 6.45) is 0.0182. The highest BCUT2D eigenvalue weighted by atomic mass is 19.1. The molecule has 6 heteroatoms. The monoisotopic (exact) mass is 355 g/mol. The summed E-state index contributed by atoms with van der Waals surface area (Å²) in [5.41, 5.74) is 6.46. The maximum absolute atomic E-state index is 13.5. The molecule has 0 saturated carbocycles. The third kappa shape index (κ3) is 4.99. The molecular formula is C20H22FN3O2. The van der Waals surface area contributed by atoms with Crippen LogP contribution in [-0.4, -0.2) is 17.5 Å². The average Bonchev–Trinajstić information content (AvgIpc) is 2.56. The number of carbonyl (C=O) groups excluding carboxylic acids is 2. The van der Waals surface area contributed by atoms with Crippen molar-refractivity contribution in [2.75, 3.05) is 5.32 Å². The van der Waals surface area contributed by atoms with E-state index in [0.29, 0.717) is 5.71 Å². The molecule has 2 aromatic rings. The minimum atomic E-state index is -0.659. The second-order valence-corrected chi connectivity index (χ2v) is 6.27. The van der Waals surface area contributed by atoms with Crippen molar-refractivity contribution in [2.24, 2.45) is 5.10 Å². The third-order valence-corrected chi connectivity index (χ3v) is 3.82. The largest absolute Gasteiger partial charge is 0.325 e. The van der Waals surface area contributed by atoms with Crippen molar-refractivity contribution in [3.05, 3.63) is 64.5 Å². The Kier molecular flexibility index (Phi) is 6.22. The minimum absolute atomic E-state index is 0.0182. The first-order chi connectivity index (χ1) is 12.3. The first kappa shape index (κ1) is 19.3. The fraction of sp³-hybridized carbons (Fsp3) is 0.250. The van der Waals surface area contributed by atoms with Gasteiger partial charge in [0, 0.05) is 11.4 Å². The quantitative estimate of drug-likeness (QED) is 0.631. The van der Waals surface area contributed by atoms with Gasteiger partial charge in [0.1, 0.15) is 5.82 Å². The number of hydrogen-bond donors (Lipinski definition) is 2. The van der Waals surface area contributed by atoms with Crippen LogP contribution in [0.5, 0.6) is 0 Å². The van der Waals surface area contributed by atoms with Crippen molar-refractivity contribution in [1.82, 2.24) is 5.43 Å². The number of halogens is 1. The van der Waals surface area contributed by atoms with Crippen molar-refractivity contribution in [2.45, 2.75) is 34.1 Å². The van der Waals surface area contributed by atoms with Crippen LogP contribution in [0.1, 0.15) is 40.4 Å². The molecule has 0 heterocycles. The van der Waals surface area contributed by atoms with Crippen LogP contribution in [0.4, 0.5) is 10.1 Å². The highest BCUT2D eigenvalue weighted by Crippen LogP contribution is 2.22. The first-order valence-corrected chi connectivity index (χ1v) is 8.23. The first-order valence-electron chi connectivity index (χ1n) is 8.23. The molecule has 0 bridgehead atoms. The molecule has 0 saturated heterocycles. The van der Waals surface area contributed by atoms with Gasteiger partial charge in [0.2, 0.25) is 5.91 Å². The van der Waals surface area contributed by atoms with Crippen LogP contribution in [-0.2, 0) is 4.79 Å². The van der Waals surface area contributed by atoms with E-state index < -0.39 is 11.7 Å².